The zero-order chi connectivity index (χ0) is 19.7. The summed E-state index contributed by atoms with van der Waals surface area (Å²) in [7, 11) is 0. The second-order valence-corrected chi connectivity index (χ2v) is 6.40. The molecule has 1 heterocycles. The van der Waals surface area contributed by atoms with Crippen molar-refractivity contribution in [3.63, 3.8) is 0 Å². The van der Waals surface area contributed by atoms with E-state index in [-0.39, 0.29) is 12.2 Å². The molecule has 0 fully saturated rings. The Morgan fingerprint density at radius 2 is 1.64 bits per heavy atom. The lowest BCUT2D eigenvalue weighted by Gasteiger charge is -2.11. The van der Waals surface area contributed by atoms with Crippen LogP contribution in [-0.4, -0.2) is 0 Å². The van der Waals surface area contributed by atoms with Crippen LogP contribution in [0.4, 0.5) is 8.78 Å². The van der Waals surface area contributed by atoms with Crippen LogP contribution in [0, 0.1) is 18.6 Å². The number of ether oxygens (including phenoxy) is 1. The minimum absolute atomic E-state index is 0.153. The maximum absolute atomic E-state index is 13.7. The normalized spacial score (nSPS) is 11.0. The van der Waals surface area contributed by atoms with E-state index in [0.29, 0.717) is 16.9 Å². The minimum Gasteiger partial charge on any atom is -0.489 e. The minimum atomic E-state index is -0.671. The Morgan fingerprint density at radius 3 is 2.36 bits per heavy atom. The quantitative estimate of drug-likeness (QED) is 0.432. The molecule has 0 radical (unpaired) electrons. The summed E-state index contributed by atoms with van der Waals surface area (Å²) in [5.74, 6) is -0.989. The average molecular weight is 378 g/mol. The average Bonchev–Trinajstić information content (AvgIpc) is 2.68. The first kappa shape index (κ1) is 17.9. The molecule has 4 aromatic rings. The van der Waals surface area contributed by atoms with Gasteiger partial charge in [0.05, 0.1) is 11.1 Å². The fourth-order valence-corrected chi connectivity index (χ4v) is 3.19. The van der Waals surface area contributed by atoms with Crippen molar-refractivity contribution in [2.45, 2.75) is 13.5 Å². The summed E-state index contributed by atoms with van der Waals surface area (Å²) < 4.78 is 38.5. The Kier molecular flexibility index (Phi) is 4.65. The molecule has 0 spiro atoms. The number of hydrogen-bond acceptors (Lipinski definition) is 3. The molecular weight excluding hydrogens is 362 g/mol. The summed E-state index contributed by atoms with van der Waals surface area (Å²) in [4.78, 5) is 12.5. The van der Waals surface area contributed by atoms with Crippen molar-refractivity contribution in [1.29, 1.82) is 0 Å². The van der Waals surface area contributed by atoms with Gasteiger partial charge in [0.25, 0.3) is 0 Å². The van der Waals surface area contributed by atoms with E-state index in [0.717, 1.165) is 16.5 Å². The molecule has 0 aliphatic rings. The Hall–Kier alpha value is -3.47. The first-order chi connectivity index (χ1) is 13.5. The predicted molar refractivity (Wildman–Crippen MR) is 103 cm³/mol. The summed E-state index contributed by atoms with van der Waals surface area (Å²) in [6.45, 7) is 1.59. The Balaban J connectivity index is 1.70. The summed E-state index contributed by atoms with van der Waals surface area (Å²) in [5.41, 5.74) is 1.84. The largest absolute Gasteiger partial charge is 0.489 e. The Labute approximate surface area is 159 Å². The number of halogens is 2. The van der Waals surface area contributed by atoms with Crippen LogP contribution < -0.4 is 10.4 Å². The number of rotatable bonds is 4. The van der Waals surface area contributed by atoms with Crippen molar-refractivity contribution in [2.75, 3.05) is 0 Å². The van der Waals surface area contributed by atoms with E-state index in [1.165, 1.54) is 18.2 Å². The first-order valence-corrected chi connectivity index (χ1v) is 8.73. The Bertz CT molecular complexity index is 1190. The maximum atomic E-state index is 13.7. The van der Waals surface area contributed by atoms with Crippen molar-refractivity contribution < 1.29 is 17.9 Å². The molecule has 1 aromatic heterocycles. The highest BCUT2D eigenvalue weighted by Gasteiger charge is 2.14. The van der Waals surface area contributed by atoms with Gasteiger partial charge in [-0.3, -0.25) is 0 Å². The zero-order valence-corrected chi connectivity index (χ0v) is 15.0. The van der Waals surface area contributed by atoms with E-state index in [1.54, 1.807) is 18.2 Å². The van der Waals surface area contributed by atoms with Gasteiger partial charge in [0.15, 0.2) is 0 Å². The van der Waals surface area contributed by atoms with Crippen molar-refractivity contribution in [3.05, 3.63) is 99.9 Å². The van der Waals surface area contributed by atoms with Gasteiger partial charge in [0.1, 0.15) is 29.6 Å². The van der Waals surface area contributed by atoms with E-state index in [2.05, 4.69) is 0 Å². The molecular formula is C23H16F2O3. The molecule has 0 N–H and O–H groups in total. The SMILES string of the molecule is Cc1c(-c2ccccc2)c(=O)oc2cc(OCc3c(F)cccc3F)ccc12. The third-order valence-electron chi connectivity index (χ3n) is 4.65. The third-order valence-corrected chi connectivity index (χ3v) is 4.65. The van der Waals surface area contributed by atoms with Crippen molar-refractivity contribution >= 4 is 11.0 Å². The number of benzene rings is 3. The molecule has 0 aliphatic heterocycles. The molecule has 0 unspecified atom stereocenters. The van der Waals surface area contributed by atoms with E-state index >= 15 is 0 Å². The van der Waals surface area contributed by atoms with Gasteiger partial charge in [-0.2, -0.15) is 0 Å². The van der Waals surface area contributed by atoms with Crippen LogP contribution >= 0.6 is 0 Å². The number of hydrogen-bond donors (Lipinski definition) is 0. The highest BCUT2D eigenvalue weighted by molar-refractivity contribution is 5.87. The van der Waals surface area contributed by atoms with Gasteiger partial charge >= 0.3 is 5.63 Å². The van der Waals surface area contributed by atoms with Gasteiger partial charge < -0.3 is 9.15 Å². The van der Waals surface area contributed by atoms with Crippen molar-refractivity contribution in [2.24, 2.45) is 0 Å². The molecule has 3 nitrogen and oxygen atoms in total. The lowest BCUT2D eigenvalue weighted by atomic mass is 10.00. The summed E-state index contributed by atoms with van der Waals surface area (Å²) in [5, 5.41) is 0.767. The molecule has 3 aromatic carbocycles. The van der Waals surface area contributed by atoms with E-state index in [1.807, 2.05) is 37.3 Å². The highest BCUT2D eigenvalue weighted by atomic mass is 19.1. The van der Waals surface area contributed by atoms with Gasteiger partial charge in [-0.15, -0.1) is 0 Å². The molecule has 0 atom stereocenters. The van der Waals surface area contributed by atoms with Crippen LogP contribution in [0.1, 0.15) is 11.1 Å². The topological polar surface area (TPSA) is 39.4 Å². The van der Waals surface area contributed by atoms with Gasteiger partial charge in [0, 0.05) is 11.5 Å². The van der Waals surface area contributed by atoms with Gasteiger partial charge in [-0.25, -0.2) is 13.6 Å². The third kappa shape index (κ3) is 3.27. The van der Waals surface area contributed by atoms with Gasteiger partial charge in [-0.1, -0.05) is 36.4 Å². The number of fused-ring (bicyclic) bond motifs is 1. The zero-order valence-electron chi connectivity index (χ0n) is 15.0. The molecule has 0 saturated heterocycles. The molecule has 0 aliphatic carbocycles. The van der Waals surface area contributed by atoms with Crippen molar-refractivity contribution in [1.82, 2.24) is 0 Å². The molecule has 4 rings (SSSR count). The van der Waals surface area contributed by atoms with Crippen LogP contribution in [0.15, 0.2) is 75.9 Å². The molecule has 28 heavy (non-hydrogen) atoms. The van der Waals surface area contributed by atoms with Gasteiger partial charge in [0.2, 0.25) is 0 Å². The van der Waals surface area contributed by atoms with Gasteiger partial charge in [-0.05, 0) is 42.3 Å². The second kappa shape index (κ2) is 7.27. The molecule has 0 amide bonds. The molecule has 140 valence electrons. The van der Waals surface area contributed by atoms with E-state index < -0.39 is 17.3 Å². The Morgan fingerprint density at radius 1 is 0.929 bits per heavy atom. The van der Waals surface area contributed by atoms with Crippen LogP contribution in [-0.2, 0) is 6.61 Å². The lowest BCUT2D eigenvalue weighted by molar-refractivity contribution is 0.292. The monoisotopic (exact) mass is 378 g/mol. The predicted octanol–water partition coefficient (Wildman–Crippen LogP) is 5.63. The number of aryl methyl sites for hydroxylation is 1. The second-order valence-electron chi connectivity index (χ2n) is 6.40. The van der Waals surface area contributed by atoms with Crippen LogP contribution in [0.5, 0.6) is 5.75 Å². The van der Waals surface area contributed by atoms with Crippen LogP contribution in [0.3, 0.4) is 0 Å². The fourth-order valence-electron chi connectivity index (χ4n) is 3.19. The fraction of sp³-hybridized carbons (Fsp3) is 0.0870. The maximum Gasteiger partial charge on any atom is 0.344 e. The molecule has 0 bridgehead atoms. The summed E-state index contributed by atoms with van der Waals surface area (Å²) in [6, 6.07) is 18.0. The molecule has 5 heteroatoms. The van der Waals surface area contributed by atoms with Crippen molar-refractivity contribution in [3.8, 4) is 16.9 Å². The first-order valence-electron chi connectivity index (χ1n) is 8.73. The molecule has 0 saturated carbocycles. The summed E-state index contributed by atoms with van der Waals surface area (Å²) >= 11 is 0. The lowest BCUT2D eigenvalue weighted by Crippen LogP contribution is -2.06. The standard InChI is InChI=1S/C23H16F2O3/c1-14-17-11-10-16(27-13-18-19(24)8-5-9-20(18)25)12-21(17)28-23(26)22(14)15-6-3-2-4-7-15/h2-12H,13H2,1H3. The van der Waals surface area contributed by atoms with Crippen LogP contribution in [0.25, 0.3) is 22.1 Å². The van der Waals surface area contributed by atoms with E-state index in [9.17, 15) is 13.6 Å². The van der Waals surface area contributed by atoms with Crippen LogP contribution in [0.2, 0.25) is 0 Å². The smallest absolute Gasteiger partial charge is 0.344 e. The summed E-state index contributed by atoms with van der Waals surface area (Å²) in [6.07, 6.45) is 0. The highest BCUT2D eigenvalue weighted by Crippen LogP contribution is 2.29. The van der Waals surface area contributed by atoms with E-state index in [4.69, 9.17) is 9.15 Å².